The van der Waals surface area contributed by atoms with Crippen LogP contribution in [0.1, 0.15) is 35.4 Å². The predicted octanol–water partition coefficient (Wildman–Crippen LogP) is 0.00651. The Morgan fingerprint density at radius 1 is 1.29 bits per heavy atom. The second kappa shape index (κ2) is 10.0. The topological polar surface area (TPSA) is 210 Å². The first-order valence-electron chi connectivity index (χ1n) is 10.1. The number of hydrogen-bond donors (Lipinski definition) is 5. The molecule has 0 aliphatic carbocycles. The monoisotopic (exact) mass is 492 g/mol. The normalized spacial score (nSPS) is 16.4. The summed E-state index contributed by atoms with van der Waals surface area (Å²) < 4.78 is 32.0. The molecule has 1 amide bonds. The molecule has 34 heavy (non-hydrogen) atoms. The van der Waals surface area contributed by atoms with Gasteiger partial charge in [0.2, 0.25) is 15.9 Å². The van der Waals surface area contributed by atoms with Gasteiger partial charge in [0.1, 0.15) is 28.6 Å². The summed E-state index contributed by atoms with van der Waals surface area (Å²) in [6.07, 6.45) is -0.334. The lowest BCUT2D eigenvalue weighted by Gasteiger charge is -2.16. The largest absolute Gasteiger partial charge is 0.480 e. The van der Waals surface area contributed by atoms with Gasteiger partial charge < -0.3 is 25.5 Å². The summed E-state index contributed by atoms with van der Waals surface area (Å²) in [6, 6.07) is 5.22. The van der Waals surface area contributed by atoms with E-state index in [4.69, 9.17) is 20.5 Å². The number of carbonyl (C=O) groups is 2. The van der Waals surface area contributed by atoms with Gasteiger partial charge in [-0.2, -0.15) is 4.72 Å². The van der Waals surface area contributed by atoms with Gasteiger partial charge in [0, 0.05) is 18.5 Å². The van der Waals surface area contributed by atoms with Crippen molar-refractivity contribution in [3.63, 3.8) is 0 Å². The molecule has 2 heterocycles. The van der Waals surface area contributed by atoms with Crippen LogP contribution in [-0.4, -0.2) is 60.8 Å². The molecule has 182 valence electrons. The Balaban J connectivity index is 1.53. The molecule has 0 fully saturated rings. The molecule has 1 aromatic carbocycles. The quantitative estimate of drug-likeness (QED) is 0.223. The summed E-state index contributed by atoms with van der Waals surface area (Å²) >= 11 is 0. The predicted molar refractivity (Wildman–Crippen MR) is 119 cm³/mol. The Hall–Kier alpha value is -3.78. The Morgan fingerprint density at radius 3 is 2.53 bits per heavy atom. The molecule has 0 unspecified atom stereocenters. The number of aromatic nitrogens is 1. The summed E-state index contributed by atoms with van der Waals surface area (Å²) in [5.41, 5.74) is 7.46. The number of carboxylic acids is 1. The van der Waals surface area contributed by atoms with Crippen LogP contribution in [0, 0.1) is 19.3 Å². The maximum atomic E-state index is 12.6. The molecule has 6 N–H and O–H groups in total. The SMILES string of the molecule is Cc1noc(C)c1S(=O)(=O)N[C@@H](CNC(=O)C[C@H]1CC(c2ccc(C(=N)N)cc2)=NO1)C(=O)O. The van der Waals surface area contributed by atoms with E-state index in [0.29, 0.717) is 17.7 Å². The van der Waals surface area contributed by atoms with E-state index >= 15 is 0 Å². The molecule has 0 saturated carbocycles. The first kappa shape index (κ1) is 24.9. The van der Waals surface area contributed by atoms with E-state index in [9.17, 15) is 23.1 Å². The van der Waals surface area contributed by atoms with Gasteiger partial charge in [-0.05, 0) is 19.4 Å². The molecule has 1 aliphatic heterocycles. The number of carboxylic acid groups (broad SMARTS) is 1. The molecule has 0 radical (unpaired) electrons. The van der Waals surface area contributed by atoms with Crippen molar-refractivity contribution in [2.75, 3.05) is 6.54 Å². The average molecular weight is 493 g/mol. The van der Waals surface area contributed by atoms with Crippen LogP contribution in [0.5, 0.6) is 0 Å². The second-order valence-electron chi connectivity index (χ2n) is 7.63. The first-order valence-corrected chi connectivity index (χ1v) is 11.6. The number of amides is 1. The van der Waals surface area contributed by atoms with E-state index in [1.807, 2.05) is 4.72 Å². The van der Waals surface area contributed by atoms with E-state index in [1.54, 1.807) is 24.3 Å². The average Bonchev–Trinajstić information content (AvgIpc) is 3.37. The van der Waals surface area contributed by atoms with Crippen LogP contribution in [0.25, 0.3) is 0 Å². The zero-order valence-electron chi connectivity index (χ0n) is 18.4. The van der Waals surface area contributed by atoms with Crippen LogP contribution in [0.3, 0.4) is 0 Å². The van der Waals surface area contributed by atoms with Gasteiger partial charge in [-0.1, -0.05) is 34.6 Å². The molecule has 3 rings (SSSR count). The van der Waals surface area contributed by atoms with Gasteiger partial charge in [0.25, 0.3) is 0 Å². The third-order valence-corrected chi connectivity index (χ3v) is 6.73. The molecule has 1 aliphatic rings. The summed E-state index contributed by atoms with van der Waals surface area (Å²) in [7, 11) is -4.24. The third-order valence-electron chi connectivity index (χ3n) is 5.01. The number of oxime groups is 1. The third kappa shape index (κ3) is 5.77. The number of nitrogens with one attached hydrogen (secondary N) is 3. The number of aryl methyl sites for hydroxylation is 2. The number of aliphatic carboxylic acids is 1. The van der Waals surface area contributed by atoms with Crippen LogP contribution in [0.15, 0.2) is 38.8 Å². The molecular weight excluding hydrogens is 468 g/mol. The number of nitrogens with two attached hydrogens (primary N) is 1. The summed E-state index contributed by atoms with van der Waals surface area (Å²) in [6.45, 7) is 2.32. The summed E-state index contributed by atoms with van der Waals surface area (Å²) in [4.78, 5) is 28.9. The molecule has 2 aromatic rings. The summed E-state index contributed by atoms with van der Waals surface area (Å²) in [5, 5.41) is 26.8. The number of nitrogen functional groups attached to an aromatic ring is 1. The highest BCUT2D eigenvalue weighted by atomic mass is 32.2. The highest BCUT2D eigenvalue weighted by molar-refractivity contribution is 7.89. The number of carbonyl (C=O) groups excluding carboxylic acids is 1. The van der Waals surface area contributed by atoms with E-state index < -0.39 is 40.6 Å². The lowest BCUT2D eigenvalue weighted by atomic mass is 10.0. The number of nitrogens with zero attached hydrogens (tertiary/aromatic N) is 2. The Kier molecular flexibility index (Phi) is 7.32. The van der Waals surface area contributed by atoms with E-state index in [2.05, 4.69) is 15.6 Å². The van der Waals surface area contributed by atoms with Crippen LogP contribution in [-0.2, 0) is 24.4 Å². The summed E-state index contributed by atoms with van der Waals surface area (Å²) in [5.74, 6) is -2.04. The molecule has 1 aromatic heterocycles. The minimum atomic E-state index is -4.24. The molecular formula is C20H24N6O7S. The van der Waals surface area contributed by atoms with Crippen molar-refractivity contribution in [1.29, 1.82) is 5.41 Å². The lowest BCUT2D eigenvalue weighted by molar-refractivity contribution is -0.139. The van der Waals surface area contributed by atoms with Crippen molar-refractivity contribution in [3.8, 4) is 0 Å². The van der Waals surface area contributed by atoms with Crippen molar-refractivity contribution in [1.82, 2.24) is 15.2 Å². The Morgan fingerprint density at radius 2 is 1.97 bits per heavy atom. The van der Waals surface area contributed by atoms with E-state index in [1.165, 1.54) is 13.8 Å². The van der Waals surface area contributed by atoms with Gasteiger partial charge in [-0.3, -0.25) is 15.0 Å². The van der Waals surface area contributed by atoms with E-state index in [-0.39, 0.29) is 28.6 Å². The van der Waals surface area contributed by atoms with Crippen LogP contribution in [0.2, 0.25) is 0 Å². The second-order valence-corrected chi connectivity index (χ2v) is 9.28. The van der Waals surface area contributed by atoms with Crippen molar-refractivity contribution in [2.24, 2.45) is 10.9 Å². The zero-order chi connectivity index (χ0) is 25.0. The lowest BCUT2D eigenvalue weighted by Crippen LogP contribution is -2.48. The molecule has 13 nitrogen and oxygen atoms in total. The minimum absolute atomic E-state index is 0.0169. The number of hydrogen-bond acceptors (Lipinski definition) is 9. The van der Waals surface area contributed by atoms with Gasteiger partial charge in [0.15, 0.2) is 5.76 Å². The smallest absolute Gasteiger partial charge is 0.323 e. The highest BCUT2D eigenvalue weighted by Gasteiger charge is 2.31. The number of amidine groups is 1. The number of rotatable bonds is 10. The Bertz CT molecular complexity index is 1220. The van der Waals surface area contributed by atoms with Gasteiger partial charge in [0.05, 0.1) is 12.1 Å². The zero-order valence-corrected chi connectivity index (χ0v) is 19.2. The van der Waals surface area contributed by atoms with Crippen molar-refractivity contribution in [3.05, 3.63) is 46.8 Å². The van der Waals surface area contributed by atoms with E-state index in [0.717, 1.165) is 5.56 Å². The molecule has 14 heteroatoms. The van der Waals surface area contributed by atoms with Gasteiger partial charge in [-0.25, -0.2) is 8.42 Å². The molecule has 0 saturated heterocycles. The van der Waals surface area contributed by atoms with Crippen molar-refractivity contribution in [2.45, 2.75) is 43.7 Å². The van der Waals surface area contributed by atoms with Crippen LogP contribution < -0.4 is 15.8 Å². The maximum Gasteiger partial charge on any atom is 0.323 e. The Labute approximate surface area is 194 Å². The first-order chi connectivity index (χ1) is 16.0. The van der Waals surface area contributed by atoms with Crippen molar-refractivity contribution < 1.29 is 32.5 Å². The number of sulfonamides is 1. The number of benzene rings is 1. The fourth-order valence-electron chi connectivity index (χ4n) is 3.33. The standard InChI is InChI=1S/C20H24N6O7S/c1-10-18(11(2)32-24-10)34(30,31)26-16(20(28)29)9-23-17(27)8-14-7-15(25-33-14)12-3-5-13(6-4-12)19(21)22/h3-6,14,16,26H,7-9H2,1-2H3,(H3,21,22)(H,23,27)(H,28,29)/t14-,16+/m1/s1. The highest BCUT2D eigenvalue weighted by Crippen LogP contribution is 2.20. The van der Waals surface area contributed by atoms with Crippen LogP contribution in [0.4, 0.5) is 0 Å². The van der Waals surface area contributed by atoms with Crippen LogP contribution >= 0.6 is 0 Å². The molecule has 0 bridgehead atoms. The van der Waals surface area contributed by atoms with Gasteiger partial charge in [-0.15, -0.1) is 0 Å². The minimum Gasteiger partial charge on any atom is -0.480 e. The fourth-order valence-corrected chi connectivity index (χ4v) is 4.85. The van der Waals surface area contributed by atoms with Crippen molar-refractivity contribution >= 4 is 33.4 Å². The maximum absolute atomic E-state index is 12.6. The molecule has 0 spiro atoms. The molecule has 2 atom stereocenters. The van der Waals surface area contributed by atoms with Gasteiger partial charge >= 0.3 is 5.97 Å². The fraction of sp³-hybridized carbons (Fsp3) is 0.350.